The highest BCUT2D eigenvalue weighted by atomic mass is 32.2. The fourth-order valence-electron chi connectivity index (χ4n) is 2.72. The predicted molar refractivity (Wildman–Crippen MR) is 91.0 cm³/mol. The van der Waals surface area contributed by atoms with Gasteiger partial charge in [0.2, 0.25) is 5.91 Å². The van der Waals surface area contributed by atoms with Crippen LogP contribution in [0.15, 0.2) is 36.0 Å². The molecule has 0 saturated carbocycles. The maximum Gasteiger partial charge on any atom is 0.353 e. The Balaban J connectivity index is 1.76. The van der Waals surface area contributed by atoms with Crippen LogP contribution in [-0.4, -0.2) is 49.2 Å². The Hall–Kier alpha value is -2.23. The second-order valence-corrected chi connectivity index (χ2v) is 7.43. The summed E-state index contributed by atoms with van der Waals surface area (Å²) in [6.45, 7) is 0. The van der Waals surface area contributed by atoms with Gasteiger partial charge in [-0.2, -0.15) is 0 Å². The van der Waals surface area contributed by atoms with Crippen LogP contribution < -0.4 is 5.73 Å². The van der Waals surface area contributed by atoms with Gasteiger partial charge in [0.15, 0.2) is 0 Å². The van der Waals surface area contributed by atoms with Crippen LogP contribution in [-0.2, 0) is 9.59 Å². The summed E-state index contributed by atoms with van der Waals surface area (Å²) < 4.78 is 0. The maximum atomic E-state index is 12.0. The van der Waals surface area contributed by atoms with Crippen LogP contribution in [0.4, 0.5) is 0 Å². The van der Waals surface area contributed by atoms with Crippen molar-refractivity contribution in [3.63, 3.8) is 0 Å². The van der Waals surface area contributed by atoms with Crippen LogP contribution in [0.2, 0.25) is 0 Å². The average molecular weight is 360 g/mol. The van der Waals surface area contributed by atoms with Gasteiger partial charge in [-0.05, 0) is 0 Å². The van der Waals surface area contributed by atoms with Crippen molar-refractivity contribution in [2.45, 2.75) is 11.4 Å². The second kappa shape index (κ2) is 5.69. The Morgan fingerprint density at radius 2 is 1.96 bits per heavy atom. The molecule has 7 nitrogen and oxygen atoms in total. The van der Waals surface area contributed by atoms with E-state index in [2.05, 4.69) is 10.2 Å². The number of nitrogens with zero attached hydrogens (tertiary/aromatic N) is 3. The lowest BCUT2D eigenvalue weighted by atomic mass is 10.0. The molecule has 2 aliphatic rings. The molecule has 0 bridgehead atoms. The van der Waals surface area contributed by atoms with E-state index in [1.807, 2.05) is 30.3 Å². The molecule has 3 N–H and O–H groups in total. The molecule has 9 heteroatoms. The van der Waals surface area contributed by atoms with Crippen molar-refractivity contribution in [2.75, 3.05) is 5.75 Å². The highest BCUT2D eigenvalue weighted by Gasteiger charge is 2.52. The molecule has 1 aromatic carbocycles. The highest BCUT2D eigenvalue weighted by molar-refractivity contribution is 8.00. The zero-order valence-electron chi connectivity index (χ0n) is 12.2. The number of aromatic nitrogens is 2. The predicted octanol–water partition coefficient (Wildman–Crippen LogP) is 1.24. The number of nitrogens with two attached hydrogens (primary N) is 1. The van der Waals surface area contributed by atoms with E-state index in [9.17, 15) is 14.7 Å². The number of carbonyl (C=O) groups is 2. The molecule has 0 aliphatic carbocycles. The number of hydrogen-bond acceptors (Lipinski definition) is 7. The van der Waals surface area contributed by atoms with Crippen molar-refractivity contribution >= 4 is 40.5 Å². The summed E-state index contributed by atoms with van der Waals surface area (Å²) in [5.41, 5.74) is 7.16. The third-order valence-electron chi connectivity index (χ3n) is 3.92. The van der Waals surface area contributed by atoms with E-state index in [-0.39, 0.29) is 17.0 Å². The molecule has 24 heavy (non-hydrogen) atoms. The van der Waals surface area contributed by atoms with E-state index in [1.54, 1.807) is 0 Å². The number of carboxylic acids is 1. The van der Waals surface area contributed by atoms with Gasteiger partial charge >= 0.3 is 5.97 Å². The summed E-state index contributed by atoms with van der Waals surface area (Å²) in [6.07, 6.45) is 0. The Kier molecular flexibility index (Phi) is 3.63. The number of rotatable bonds is 3. The van der Waals surface area contributed by atoms with Crippen molar-refractivity contribution in [1.29, 1.82) is 0 Å². The van der Waals surface area contributed by atoms with Gasteiger partial charge in [0.05, 0.1) is 0 Å². The minimum Gasteiger partial charge on any atom is -0.477 e. The minimum atomic E-state index is -1.15. The molecule has 0 radical (unpaired) electrons. The van der Waals surface area contributed by atoms with Gasteiger partial charge in [0, 0.05) is 16.9 Å². The molecular formula is C15H12N4O3S2. The van der Waals surface area contributed by atoms with E-state index in [0.29, 0.717) is 21.3 Å². The lowest BCUT2D eigenvalue weighted by molar-refractivity contribution is -0.147. The van der Waals surface area contributed by atoms with Gasteiger partial charge in [-0.3, -0.25) is 9.69 Å². The van der Waals surface area contributed by atoms with Gasteiger partial charge in [-0.15, -0.1) is 22.0 Å². The van der Waals surface area contributed by atoms with Crippen LogP contribution in [0, 0.1) is 0 Å². The average Bonchev–Trinajstić information content (AvgIpc) is 3.10. The molecule has 1 amide bonds. The van der Waals surface area contributed by atoms with Crippen LogP contribution in [0.25, 0.3) is 16.1 Å². The lowest BCUT2D eigenvalue weighted by Crippen LogP contribution is -2.68. The van der Waals surface area contributed by atoms with Crippen molar-refractivity contribution in [2.24, 2.45) is 5.73 Å². The van der Waals surface area contributed by atoms with Crippen molar-refractivity contribution < 1.29 is 14.7 Å². The first-order valence-electron chi connectivity index (χ1n) is 7.14. The number of hydrogen-bond donors (Lipinski definition) is 2. The van der Waals surface area contributed by atoms with E-state index < -0.39 is 12.0 Å². The molecule has 3 heterocycles. The van der Waals surface area contributed by atoms with Gasteiger partial charge in [-0.1, -0.05) is 41.7 Å². The topological polar surface area (TPSA) is 109 Å². The molecule has 2 aromatic rings. The minimum absolute atomic E-state index is 0.0267. The number of thioether (sulfide) groups is 1. The Bertz CT molecular complexity index is 865. The van der Waals surface area contributed by atoms with E-state index in [4.69, 9.17) is 5.73 Å². The fraction of sp³-hybridized carbons (Fsp3) is 0.200. The van der Waals surface area contributed by atoms with Gasteiger partial charge in [0.25, 0.3) is 0 Å². The molecule has 2 aliphatic heterocycles. The number of carboxylic acid groups (broad SMARTS) is 1. The molecular weight excluding hydrogens is 348 g/mol. The number of amides is 1. The van der Waals surface area contributed by atoms with E-state index in [0.717, 1.165) is 5.56 Å². The maximum absolute atomic E-state index is 12.0. The summed E-state index contributed by atoms with van der Waals surface area (Å²) in [7, 11) is 0. The van der Waals surface area contributed by atoms with Crippen LogP contribution in [0.3, 0.4) is 0 Å². The van der Waals surface area contributed by atoms with Gasteiger partial charge in [-0.25, -0.2) is 4.79 Å². The molecule has 1 fully saturated rings. The van der Waals surface area contributed by atoms with Crippen molar-refractivity contribution in [3.05, 3.63) is 41.0 Å². The lowest BCUT2D eigenvalue weighted by Gasteiger charge is -2.47. The molecule has 122 valence electrons. The van der Waals surface area contributed by atoms with Crippen molar-refractivity contribution in [1.82, 2.24) is 15.1 Å². The molecule has 4 rings (SSSR count). The summed E-state index contributed by atoms with van der Waals surface area (Å²) in [4.78, 5) is 24.9. The smallest absolute Gasteiger partial charge is 0.353 e. The van der Waals surface area contributed by atoms with Gasteiger partial charge < -0.3 is 10.8 Å². The summed E-state index contributed by atoms with van der Waals surface area (Å²) in [5.74, 6) is -1.07. The second-order valence-electron chi connectivity index (χ2n) is 5.35. The quantitative estimate of drug-likeness (QED) is 0.793. The summed E-state index contributed by atoms with van der Waals surface area (Å²) in [5, 5.41) is 18.8. The standard InChI is InChI=1S/C15H12N4O3S2/c16-9-13(20)19-10(15(21)22)8(6-23-14(9)19)12-18-17-11(24-12)7-4-2-1-3-5-7/h1-5,9,14H,6,16H2,(H,21,22)/t9?,14-/m0/s1. The normalized spacial score (nSPS) is 23.0. The molecule has 1 aromatic heterocycles. The highest BCUT2D eigenvalue weighted by Crippen LogP contribution is 2.43. The Morgan fingerprint density at radius 1 is 1.25 bits per heavy atom. The first kappa shape index (κ1) is 15.3. The zero-order chi connectivity index (χ0) is 16.8. The van der Waals surface area contributed by atoms with Crippen molar-refractivity contribution in [3.8, 4) is 10.6 Å². The first-order valence-corrected chi connectivity index (χ1v) is 9.00. The Labute approximate surface area is 145 Å². The fourth-order valence-corrected chi connectivity index (χ4v) is 5.00. The Morgan fingerprint density at radius 3 is 2.67 bits per heavy atom. The largest absolute Gasteiger partial charge is 0.477 e. The zero-order valence-corrected chi connectivity index (χ0v) is 13.9. The monoisotopic (exact) mass is 360 g/mol. The van der Waals surface area contributed by atoms with Gasteiger partial charge in [0.1, 0.15) is 27.1 Å². The third kappa shape index (κ3) is 2.24. The SMILES string of the molecule is NC1C(=O)N2C(C(=O)O)=C(c3nnc(-c4ccccc4)s3)CS[C@@H]12. The van der Waals surface area contributed by atoms with E-state index >= 15 is 0 Å². The number of benzene rings is 1. The van der Waals surface area contributed by atoms with E-state index in [1.165, 1.54) is 28.0 Å². The molecule has 2 atom stereocenters. The van der Waals surface area contributed by atoms with Crippen LogP contribution in [0.1, 0.15) is 5.01 Å². The number of carbonyl (C=O) groups excluding carboxylic acids is 1. The molecule has 1 unspecified atom stereocenters. The number of aliphatic carboxylic acids is 1. The number of β-lactam (4-membered cyclic amide) rings is 1. The molecule has 1 saturated heterocycles. The third-order valence-corrected chi connectivity index (χ3v) is 6.25. The number of fused-ring (bicyclic) bond motifs is 1. The molecule has 0 spiro atoms. The summed E-state index contributed by atoms with van der Waals surface area (Å²) >= 11 is 2.77. The van der Waals surface area contributed by atoms with Crippen LogP contribution >= 0.6 is 23.1 Å². The first-order chi connectivity index (χ1) is 11.6. The summed E-state index contributed by atoms with van der Waals surface area (Å²) in [6, 6.07) is 8.91. The van der Waals surface area contributed by atoms with Crippen LogP contribution in [0.5, 0.6) is 0 Å².